The minimum atomic E-state index is -0.112. The number of aliphatic hydroxyl groups excluding tert-OH is 1. The Hall–Kier alpha value is -2.51. The maximum Gasteiger partial charge on any atom is 0.225 e. The molecule has 0 atom stereocenters. The second kappa shape index (κ2) is 5.99. The first-order chi connectivity index (χ1) is 13.7. The van der Waals surface area contributed by atoms with Crippen LogP contribution in [0.15, 0.2) is 30.6 Å². The molecule has 0 radical (unpaired) electrons. The lowest BCUT2D eigenvalue weighted by Crippen LogP contribution is -2.43. The quantitative estimate of drug-likeness (QED) is 0.739. The van der Waals surface area contributed by atoms with Gasteiger partial charge in [-0.2, -0.15) is 0 Å². The highest BCUT2D eigenvalue weighted by atomic mass is 16.5. The van der Waals surface area contributed by atoms with Crippen molar-refractivity contribution < 1.29 is 9.84 Å². The van der Waals surface area contributed by atoms with Crippen LogP contribution in [-0.4, -0.2) is 50.4 Å². The van der Waals surface area contributed by atoms with Gasteiger partial charge in [0.25, 0.3) is 0 Å². The smallest absolute Gasteiger partial charge is 0.225 e. The van der Waals surface area contributed by atoms with Crippen molar-refractivity contribution in [2.75, 3.05) is 24.6 Å². The van der Waals surface area contributed by atoms with Crippen molar-refractivity contribution in [3.63, 3.8) is 0 Å². The summed E-state index contributed by atoms with van der Waals surface area (Å²) in [7, 11) is 0. The Morgan fingerprint density at radius 1 is 1.11 bits per heavy atom. The van der Waals surface area contributed by atoms with E-state index in [2.05, 4.69) is 42.6 Å². The minimum absolute atomic E-state index is 0.112. The summed E-state index contributed by atoms with van der Waals surface area (Å²) in [6.07, 6.45) is 6.69. The number of benzene rings is 1. The highest BCUT2D eigenvalue weighted by molar-refractivity contribution is 5.82. The van der Waals surface area contributed by atoms with E-state index in [0.717, 1.165) is 79.4 Å². The van der Waals surface area contributed by atoms with Gasteiger partial charge in [0.05, 0.1) is 23.7 Å². The Labute approximate surface area is 163 Å². The Balaban J connectivity index is 1.27. The van der Waals surface area contributed by atoms with Crippen molar-refractivity contribution in [3.8, 4) is 11.1 Å². The molecular weight excluding hydrogens is 354 g/mol. The van der Waals surface area contributed by atoms with E-state index >= 15 is 0 Å². The lowest BCUT2D eigenvalue weighted by atomic mass is 9.66. The molecule has 2 aliphatic heterocycles. The fourth-order valence-electron chi connectivity index (χ4n) is 5.04. The van der Waals surface area contributed by atoms with E-state index in [-0.39, 0.29) is 11.5 Å². The summed E-state index contributed by atoms with van der Waals surface area (Å²) in [5, 5.41) is 9.66. The summed E-state index contributed by atoms with van der Waals surface area (Å²) in [6, 6.07) is 6.33. The van der Waals surface area contributed by atoms with Crippen LogP contribution >= 0.6 is 0 Å². The predicted molar refractivity (Wildman–Crippen MR) is 105 cm³/mol. The van der Waals surface area contributed by atoms with Crippen LogP contribution in [0.5, 0.6) is 0 Å². The first-order valence-electron chi connectivity index (χ1n) is 10.0. The lowest BCUT2D eigenvalue weighted by molar-refractivity contribution is -0.0179. The van der Waals surface area contributed by atoms with E-state index in [1.807, 2.05) is 12.4 Å². The van der Waals surface area contributed by atoms with Crippen LogP contribution in [0.25, 0.3) is 22.2 Å². The summed E-state index contributed by atoms with van der Waals surface area (Å²) in [6.45, 7) is 4.09. The molecular formula is C21H23N5O2. The van der Waals surface area contributed by atoms with Gasteiger partial charge in [0, 0.05) is 37.6 Å². The monoisotopic (exact) mass is 377 g/mol. The summed E-state index contributed by atoms with van der Waals surface area (Å²) in [4.78, 5) is 16.2. The number of rotatable bonds is 2. The largest absolute Gasteiger partial charge is 0.393 e. The minimum Gasteiger partial charge on any atom is -0.393 e. The van der Waals surface area contributed by atoms with Crippen molar-refractivity contribution >= 4 is 17.0 Å². The number of imidazole rings is 1. The van der Waals surface area contributed by atoms with Gasteiger partial charge < -0.3 is 19.3 Å². The van der Waals surface area contributed by atoms with Gasteiger partial charge in [0.15, 0.2) is 0 Å². The summed E-state index contributed by atoms with van der Waals surface area (Å²) in [5.41, 5.74) is 4.56. The summed E-state index contributed by atoms with van der Waals surface area (Å²) in [5.74, 6) is 1.79. The number of aliphatic hydroxyl groups is 1. The molecule has 0 bridgehead atoms. The van der Waals surface area contributed by atoms with Gasteiger partial charge in [-0.3, -0.25) is 0 Å². The van der Waals surface area contributed by atoms with Crippen molar-refractivity contribution in [2.45, 2.75) is 38.5 Å². The van der Waals surface area contributed by atoms with E-state index in [0.29, 0.717) is 6.61 Å². The van der Waals surface area contributed by atoms with Crippen LogP contribution in [0, 0.1) is 5.41 Å². The van der Waals surface area contributed by atoms with Crippen molar-refractivity contribution in [2.24, 2.45) is 5.41 Å². The van der Waals surface area contributed by atoms with E-state index in [1.54, 1.807) is 0 Å². The Bertz CT molecular complexity index is 1040. The van der Waals surface area contributed by atoms with Gasteiger partial charge in [-0.15, -0.1) is 0 Å². The average molecular weight is 377 g/mol. The Morgan fingerprint density at radius 2 is 1.96 bits per heavy atom. The molecule has 7 nitrogen and oxygen atoms in total. The molecule has 6 rings (SSSR count). The van der Waals surface area contributed by atoms with E-state index in [9.17, 15) is 5.11 Å². The second-order valence-corrected chi connectivity index (χ2v) is 8.44. The highest BCUT2D eigenvalue weighted by Crippen LogP contribution is 2.48. The number of aromatic nitrogens is 4. The second-order valence-electron chi connectivity index (χ2n) is 8.44. The van der Waals surface area contributed by atoms with Gasteiger partial charge in [0.1, 0.15) is 12.4 Å². The molecule has 0 amide bonds. The molecule has 1 aromatic carbocycles. The number of anilines is 1. The first kappa shape index (κ1) is 16.4. The number of hydrogen-bond donors (Lipinski definition) is 1. The van der Waals surface area contributed by atoms with Crippen molar-refractivity contribution in [1.82, 2.24) is 19.5 Å². The number of ether oxygens (including phenoxy) is 1. The van der Waals surface area contributed by atoms with Crippen LogP contribution in [0.4, 0.5) is 5.95 Å². The molecule has 144 valence electrons. The standard InChI is InChI=1S/C21H23N5O2/c27-16-8-21(9-16)3-4-25(13-21)20-22-10-15(11-23-20)14-1-2-17-18(7-14)26-5-6-28-12-19(26)24-17/h1-2,7,10-11,16,27H,3-6,8-9,12-13H2. The zero-order chi connectivity index (χ0) is 18.7. The predicted octanol–water partition coefficient (Wildman–Crippen LogP) is 2.37. The van der Waals surface area contributed by atoms with Gasteiger partial charge in [-0.25, -0.2) is 15.0 Å². The third-order valence-electron chi connectivity index (χ3n) is 6.55. The molecule has 4 heterocycles. The van der Waals surface area contributed by atoms with Gasteiger partial charge >= 0.3 is 0 Å². The SMILES string of the molecule is OC1CC2(CCN(c3ncc(-c4ccc5nc6n(c5c4)CCOC6)cn3)C2)C1. The molecule has 28 heavy (non-hydrogen) atoms. The van der Waals surface area contributed by atoms with Gasteiger partial charge in [-0.1, -0.05) is 6.07 Å². The molecule has 2 fully saturated rings. The van der Waals surface area contributed by atoms with Crippen LogP contribution in [0.3, 0.4) is 0 Å². The molecule has 7 heteroatoms. The normalized spacial score (nSPS) is 26.6. The number of fused-ring (bicyclic) bond motifs is 3. The van der Waals surface area contributed by atoms with Gasteiger partial charge in [0.2, 0.25) is 5.95 Å². The molecule has 2 aromatic heterocycles. The van der Waals surface area contributed by atoms with E-state index < -0.39 is 0 Å². The zero-order valence-electron chi connectivity index (χ0n) is 15.7. The van der Waals surface area contributed by atoms with E-state index in [4.69, 9.17) is 4.74 Å². The Morgan fingerprint density at radius 3 is 2.79 bits per heavy atom. The molecule has 3 aromatic rings. The van der Waals surface area contributed by atoms with Gasteiger partial charge in [-0.05, 0) is 42.4 Å². The zero-order valence-corrected chi connectivity index (χ0v) is 15.7. The molecule has 1 N–H and O–H groups in total. The van der Waals surface area contributed by atoms with Crippen molar-refractivity contribution in [3.05, 3.63) is 36.4 Å². The number of hydrogen-bond acceptors (Lipinski definition) is 6. The van der Waals surface area contributed by atoms with E-state index in [1.165, 1.54) is 0 Å². The first-order valence-corrected chi connectivity index (χ1v) is 10.0. The van der Waals surface area contributed by atoms with Crippen LogP contribution in [-0.2, 0) is 17.9 Å². The van der Waals surface area contributed by atoms with Crippen molar-refractivity contribution in [1.29, 1.82) is 0 Å². The molecule has 1 spiro atoms. The van der Waals surface area contributed by atoms with Crippen LogP contribution in [0.1, 0.15) is 25.1 Å². The molecule has 1 aliphatic carbocycles. The maximum atomic E-state index is 9.66. The highest BCUT2D eigenvalue weighted by Gasteiger charge is 2.48. The van der Waals surface area contributed by atoms with Crippen LogP contribution < -0.4 is 4.90 Å². The molecule has 1 saturated heterocycles. The third-order valence-corrected chi connectivity index (χ3v) is 6.55. The number of nitrogens with zero attached hydrogens (tertiary/aromatic N) is 5. The fraction of sp³-hybridized carbons (Fsp3) is 0.476. The summed E-state index contributed by atoms with van der Waals surface area (Å²) < 4.78 is 7.76. The van der Waals surface area contributed by atoms with Crippen LogP contribution in [0.2, 0.25) is 0 Å². The summed E-state index contributed by atoms with van der Waals surface area (Å²) >= 11 is 0. The maximum absolute atomic E-state index is 9.66. The fourth-order valence-corrected chi connectivity index (χ4v) is 5.04. The molecule has 1 saturated carbocycles. The topological polar surface area (TPSA) is 76.3 Å². The average Bonchev–Trinajstić information content (AvgIpc) is 3.30. The molecule has 0 unspecified atom stereocenters. The molecule has 3 aliphatic rings. The third kappa shape index (κ3) is 2.53. The lowest BCUT2D eigenvalue weighted by Gasteiger charge is -2.42. The Kier molecular flexibility index (Phi) is 3.52.